The van der Waals surface area contributed by atoms with Gasteiger partial charge in [0.1, 0.15) is 0 Å². The fraction of sp³-hybridized carbons (Fsp3) is 0. The van der Waals surface area contributed by atoms with Crippen molar-refractivity contribution >= 4 is 47.2 Å². The summed E-state index contributed by atoms with van der Waals surface area (Å²) in [6.45, 7) is 0. The second kappa shape index (κ2) is 10.7. The van der Waals surface area contributed by atoms with Crippen LogP contribution in [0.25, 0.3) is 0 Å². The minimum Gasteiger partial charge on any atom is -0.478 e. The number of carboxylic acids is 2. The molecule has 0 radical (unpaired) electrons. The van der Waals surface area contributed by atoms with Crippen LogP contribution in [0.4, 0.5) is 0 Å². The van der Waals surface area contributed by atoms with Crippen molar-refractivity contribution in [2.45, 2.75) is 29.4 Å². The predicted molar refractivity (Wildman–Crippen MR) is 132 cm³/mol. The van der Waals surface area contributed by atoms with Crippen molar-refractivity contribution in [2.75, 3.05) is 0 Å². The van der Waals surface area contributed by atoms with Crippen LogP contribution in [0, 0.1) is 0 Å². The number of carboxylic acid groups (broad SMARTS) is 2. The maximum Gasteiger partial charge on any atom is 0.335 e. The monoisotopic (exact) mass is 490 g/mol. The summed E-state index contributed by atoms with van der Waals surface area (Å²) in [5.41, 5.74) is 0.568. The van der Waals surface area contributed by atoms with E-state index in [0.29, 0.717) is 0 Å². The molecular formula is C26H18O4S3. The SMILES string of the molecule is O=C(O)c1ccc(Sc2ccc(Sc3ccc(Sc4ccc(C(=O)O)cc4)cc3)cc2)cc1. The first-order valence-electron chi connectivity index (χ1n) is 9.87. The molecule has 0 aliphatic rings. The van der Waals surface area contributed by atoms with E-state index in [1.165, 1.54) is 0 Å². The lowest BCUT2D eigenvalue weighted by molar-refractivity contribution is 0.0686. The number of hydrogen-bond donors (Lipinski definition) is 2. The van der Waals surface area contributed by atoms with Gasteiger partial charge in [-0.1, -0.05) is 35.3 Å². The molecule has 0 saturated heterocycles. The molecule has 4 aromatic carbocycles. The molecule has 0 unspecified atom stereocenters. The fourth-order valence-corrected chi connectivity index (χ4v) is 5.34. The molecule has 0 bridgehead atoms. The van der Waals surface area contributed by atoms with E-state index < -0.39 is 11.9 Å². The van der Waals surface area contributed by atoms with Crippen LogP contribution in [0.15, 0.2) is 126 Å². The van der Waals surface area contributed by atoms with Gasteiger partial charge in [0.05, 0.1) is 11.1 Å². The van der Waals surface area contributed by atoms with Gasteiger partial charge in [0.25, 0.3) is 0 Å². The molecule has 4 rings (SSSR count). The molecule has 2 N–H and O–H groups in total. The Bertz CT molecular complexity index is 1150. The highest BCUT2D eigenvalue weighted by atomic mass is 32.2. The smallest absolute Gasteiger partial charge is 0.335 e. The zero-order chi connectivity index (χ0) is 23.2. The first-order valence-corrected chi connectivity index (χ1v) is 12.3. The Labute approximate surface area is 204 Å². The fourth-order valence-electron chi connectivity index (χ4n) is 2.89. The summed E-state index contributed by atoms with van der Waals surface area (Å²) in [6.07, 6.45) is 0. The number of benzene rings is 4. The minimum absolute atomic E-state index is 0.284. The lowest BCUT2D eigenvalue weighted by atomic mass is 10.2. The largest absolute Gasteiger partial charge is 0.478 e. The van der Waals surface area contributed by atoms with Crippen molar-refractivity contribution in [3.05, 3.63) is 108 Å². The molecule has 4 nitrogen and oxygen atoms in total. The number of aromatic carboxylic acids is 2. The van der Waals surface area contributed by atoms with Gasteiger partial charge in [-0.15, -0.1) is 0 Å². The predicted octanol–water partition coefficient (Wildman–Crippen LogP) is 7.54. The molecule has 7 heteroatoms. The first-order chi connectivity index (χ1) is 16.0. The molecule has 0 spiro atoms. The van der Waals surface area contributed by atoms with Gasteiger partial charge in [0, 0.05) is 29.4 Å². The molecule has 0 aliphatic heterocycles. The highest BCUT2D eigenvalue weighted by molar-refractivity contribution is 8.00. The Morgan fingerprint density at radius 3 is 0.758 bits per heavy atom. The third-order valence-electron chi connectivity index (χ3n) is 4.56. The standard InChI is InChI=1S/C26H18O4S3/c27-25(28)17-1-5-19(6-2-17)31-21-9-13-23(14-10-21)33-24-15-11-22(12-16-24)32-20-7-3-18(4-8-20)26(29)30/h1-16H,(H,27,28)(H,29,30). The number of hydrogen-bond acceptors (Lipinski definition) is 5. The number of carbonyl (C=O) groups is 2. The third-order valence-corrected chi connectivity index (χ3v) is 7.60. The van der Waals surface area contributed by atoms with Crippen molar-refractivity contribution in [2.24, 2.45) is 0 Å². The molecule has 0 heterocycles. The van der Waals surface area contributed by atoms with Crippen molar-refractivity contribution in [1.82, 2.24) is 0 Å². The van der Waals surface area contributed by atoms with Gasteiger partial charge in [-0.2, -0.15) is 0 Å². The van der Waals surface area contributed by atoms with Crippen molar-refractivity contribution in [3.63, 3.8) is 0 Å². The van der Waals surface area contributed by atoms with Crippen LogP contribution < -0.4 is 0 Å². The van der Waals surface area contributed by atoms with Gasteiger partial charge in [-0.25, -0.2) is 9.59 Å². The Balaban J connectivity index is 1.34. The Kier molecular flexibility index (Phi) is 7.44. The van der Waals surface area contributed by atoms with Gasteiger partial charge in [-0.3, -0.25) is 0 Å². The molecule has 0 fully saturated rings. The molecule has 33 heavy (non-hydrogen) atoms. The maximum absolute atomic E-state index is 11.0. The van der Waals surface area contributed by atoms with Gasteiger partial charge >= 0.3 is 11.9 Å². The van der Waals surface area contributed by atoms with E-state index >= 15 is 0 Å². The summed E-state index contributed by atoms with van der Waals surface area (Å²) in [5, 5.41) is 18.0. The van der Waals surface area contributed by atoms with Crippen LogP contribution in [0.2, 0.25) is 0 Å². The maximum atomic E-state index is 11.0. The van der Waals surface area contributed by atoms with Crippen molar-refractivity contribution in [3.8, 4) is 0 Å². The minimum atomic E-state index is -0.922. The van der Waals surface area contributed by atoms with Gasteiger partial charge in [-0.05, 0) is 97.1 Å². The third kappa shape index (κ3) is 6.44. The average Bonchev–Trinajstić information content (AvgIpc) is 2.82. The Morgan fingerprint density at radius 1 is 0.394 bits per heavy atom. The molecule has 0 aliphatic carbocycles. The molecule has 0 atom stereocenters. The molecule has 0 amide bonds. The van der Waals surface area contributed by atoms with Crippen LogP contribution in [0.3, 0.4) is 0 Å². The van der Waals surface area contributed by atoms with Crippen LogP contribution in [0.5, 0.6) is 0 Å². The van der Waals surface area contributed by atoms with Crippen LogP contribution in [-0.2, 0) is 0 Å². The van der Waals surface area contributed by atoms with E-state index in [9.17, 15) is 9.59 Å². The molecule has 0 saturated carbocycles. The van der Waals surface area contributed by atoms with Crippen LogP contribution in [0.1, 0.15) is 20.7 Å². The summed E-state index contributed by atoms with van der Waals surface area (Å²) < 4.78 is 0. The van der Waals surface area contributed by atoms with Crippen molar-refractivity contribution in [1.29, 1.82) is 0 Å². The lowest BCUT2D eigenvalue weighted by Crippen LogP contribution is -1.94. The highest BCUT2D eigenvalue weighted by Gasteiger charge is 2.05. The Hall–Kier alpha value is -3.13. The van der Waals surface area contributed by atoms with Crippen LogP contribution >= 0.6 is 35.3 Å². The highest BCUT2D eigenvalue weighted by Crippen LogP contribution is 2.34. The first kappa shape index (κ1) is 23.0. The summed E-state index contributed by atoms with van der Waals surface area (Å²) in [6, 6.07) is 30.3. The van der Waals surface area contributed by atoms with Gasteiger partial charge < -0.3 is 10.2 Å². The second-order valence-corrected chi connectivity index (χ2v) is 10.3. The normalized spacial score (nSPS) is 10.7. The van der Waals surface area contributed by atoms with E-state index in [1.807, 2.05) is 24.3 Å². The summed E-state index contributed by atoms with van der Waals surface area (Å²) in [7, 11) is 0. The topological polar surface area (TPSA) is 74.6 Å². The molecule has 4 aromatic rings. The van der Waals surface area contributed by atoms with E-state index in [0.717, 1.165) is 29.4 Å². The van der Waals surface area contributed by atoms with Crippen LogP contribution in [-0.4, -0.2) is 22.2 Å². The average molecular weight is 491 g/mol. The van der Waals surface area contributed by atoms with E-state index in [4.69, 9.17) is 10.2 Å². The van der Waals surface area contributed by atoms with E-state index in [1.54, 1.807) is 59.6 Å². The lowest BCUT2D eigenvalue weighted by Gasteiger charge is -2.06. The van der Waals surface area contributed by atoms with E-state index in [-0.39, 0.29) is 11.1 Å². The van der Waals surface area contributed by atoms with Crippen molar-refractivity contribution < 1.29 is 19.8 Å². The summed E-state index contributed by atoms with van der Waals surface area (Å²) in [4.78, 5) is 28.3. The summed E-state index contributed by atoms with van der Waals surface area (Å²) in [5.74, 6) is -1.84. The zero-order valence-corrected chi connectivity index (χ0v) is 19.6. The van der Waals surface area contributed by atoms with Gasteiger partial charge in [0.2, 0.25) is 0 Å². The molecule has 0 aromatic heterocycles. The van der Waals surface area contributed by atoms with Gasteiger partial charge in [0.15, 0.2) is 0 Å². The quantitative estimate of drug-likeness (QED) is 0.264. The second-order valence-electron chi connectivity index (χ2n) is 6.91. The number of rotatable bonds is 8. The molecule has 164 valence electrons. The zero-order valence-electron chi connectivity index (χ0n) is 17.2. The van der Waals surface area contributed by atoms with E-state index in [2.05, 4.69) is 48.5 Å². The Morgan fingerprint density at radius 2 is 0.576 bits per heavy atom. The summed E-state index contributed by atoms with van der Waals surface area (Å²) >= 11 is 4.86. The molecular weight excluding hydrogens is 472 g/mol.